The van der Waals surface area contributed by atoms with E-state index in [-0.39, 0.29) is 5.56 Å². The molecular formula is C17H11F2N5O. The maximum absolute atomic E-state index is 13.7. The number of hydrogen-bond donors (Lipinski definition) is 3. The van der Waals surface area contributed by atoms with E-state index < -0.39 is 17.5 Å². The highest BCUT2D eigenvalue weighted by Crippen LogP contribution is 2.25. The number of carbonyl (C=O) groups excluding carboxylic acids is 1. The second kappa shape index (κ2) is 5.82. The number of fused-ring (bicyclic) bond motifs is 1. The van der Waals surface area contributed by atoms with Crippen LogP contribution in [0.1, 0.15) is 10.4 Å². The molecule has 0 atom stereocenters. The van der Waals surface area contributed by atoms with Crippen LogP contribution < -0.4 is 5.32 Å². The van der Waals surface area contributed by atoms with Gasteiger partial charge in [0.2, 0.25) is 0 Å². The highest BCUT2D eigenvalue weighted by Gasteiger charge is 2.18. The van der Waals surface area contributed by atoms with Crippen molar-refractivity contribution < 1.29 is 13.6 Å². The van der Waals surface area contributed by atoms with Gasteiger partial charge in [0.1, 0.15) is 11.6 Å². The largest absolute Gasteiger partial charge is 0.337 e. The van der Waals surface area contributed by atoms with Crippen LogP contribution in [0.4, 0.5) is 14.5 Å². The number of carbonyl (C=O) groups is 1. The molecule has 4 rings (SSSR count). The van der Waals surface area contributed by atoms with E-state index in [4.69, 9.17) is 0 Å². The Balaban J connectivity index is 1.66. The van der Waals surface area contributed by atoms with Gasteiger partial charge in [0.15, 0.2) is 11.5 Å². The van der Waals surface area contributed by atoms with E-state index in [2.05, 4.69) is 25.5 Å². The van der Waals surface area contributed by atoms with Gasteiger partial charge in [0.25, 0.3) is 5.91 Å². The minimum Gasteiger partial charge on any atom is -0.337 e. The fourth-order valence-corrected chi connectivity index (χ4v) is 2.49. The predicted octanol–water partition coefficient (Wildman–Crippen LogP) is 3.48. The van der Waals surface area contributed by atoms with Crippen LogP contribution in [0, 0.1) is 11.6 Å². The van der Waals surface area contributed by atoms with Crippen LogP contribution in [0.15, 0.2) is 48.7 Å². The number of H-pyrrole nitrogens is 2. The lowest BCUT2D eigenvalue weighted by atomic mass is 10.2. The number of amides is 1. The first-order chi connectivity index (χ1) is 12.1. The van der Waals surface area contributed by atoms with Crippen molar-refractivity contribution >= 4 is 22.6 Å². The number of aromatic nitrogens is 4. The zero-order valence-electron chi connectivity index (χ0n) is 12.7. The normalized spacial score (nSPS) is 11.0. The van der Waals surface area contributed by atoms with Crippen molar-refractivity contribution in [2.24, 2.45) is 0 Å². The Labute approximate surface area is 139 Å². The molecule has 0 saturated heterocycles. The molecule has 1 amide bonds. The topological polar surface area (TPSA) is 86.5 Å². The standard InChI is InChI=1S/C17H11F2N5O/c18-9-5-6-10(11(19)7-9)17(25)23-14-8-20-24-15(14)16-21-12-3-1-2-4-13(12)22-16/h1-8H,(H,20,24)(H,21,22)(H,23,25). The molecule has 0 bridgehead atoms. The first-order valence-electron chi connectivity index (χ1n) is 7.37. The number of benzene rings is 2. The Morgan fingerprint density at radius 2 is 1.96 bits per heavy atom. The van der Waals surface area contributed by atoms with Crippen molar-refractivity contribution in [2.75, 3.05) is 5.32 Å². The zero-order chi connectivity index (χ0) is 17.4. The molecule has 0 aliphatic rings. The Kier molecular flexibility index (Phi) is 3.50. The summed E-state index contributed by atoms with van der Waals surface area (Å²) in [5, 5.41) is 9.28. The summed E-state index contributed by atoms with van der Waals surface area (Å²) >= 11 is 0. The van der Waals surface area contributed by atoms with Crippen LogP contribution in [-0.4, -0.2) is 26.1 Å². The van der Waals surface area contributed by atoms with Crippen LogP contribution in [0.3, 0.4) is 0 Å². The van der Waals surface area contributed by atoms with E-state index in [1.807, 2.05) is 24.3 Å². The molecule has 0 aliphatic heterocycles. The van der Waals surface area contributed by atoms with Gasteiger partial charge in [-0.05, 0) is 24.3 Å². The van der Waals surface area contributed by atoms with Crippen molar-refractivity contribution in [3.63, 3.8) is 0 Å². The van der Waals surface area contributed by atoms with E-state index in [1.165, 1.54) is 6.20 Å². The SMILES string of the molecule is O=C(Nc1c[nH]nc1-c1nc2ccccc2[nH]1)c1ccc(F)cc1F. The van der Waals surface area contributed by atoms with Crippen molar-refractivity contribution in [1.29, 1.82) is 0 Å². The molecule has 3 N–H and O–H groups in total. The van der Waals surface area contributed by atoms with Gasteiger partial charge in [-0.25, -0.2) is 13.8 Å². The zero-order valence-corrected chi connectivity index (χ0v) is 12.7. The Morgan fingerprint density at radius 1 is 1.12 bits per heavy atom. The smallest absolute Gasteiger partial charge is 0.258 e. The summed E-state index contributed by atoms with van der Waals surface area (Å²) in [6.07, 6.45) is 1.46. The van der Waals surface area contributed by atoms with Gasteiger partial charge < -0.3 is 10.3 Å². The monoisotopic (exact) mass is 339 g/mol. The van der Waals surface area contributed by atoms with Gasteiger partial charge in [-0.3, -0.25) is 9.89 Å². The molecule has 25 heavy (non-hydrogen) atoms. The average molecular weight is 339 g/mol. The lowest BCUT2D eigenvalue weighted by Crippen LogP contribution is -2.14. The minimum atomic E-state index is -0.939. The summed E-state index contributed by atoms with van der Waals surface area (Å²) in [7, 11) is 0. The average Bonchev–Trinajstić information content (AvgIpc) is 3.20. The van der Waals surface area contributed by atoms with Crippen molar-refractivity contribution in [3.8, 4) is 11.5 Å². The number of nitrogens with one attached hydrogen (secondary N) is 3. The lowest BCUT2D eigenvalue weighted by Gasteiger charge is -2.05. The van der Waals surface area contributed by atoms with Gasteiger partial charge >= 0.3 is 0 Å². The Hall–Kier alpha value is -3.55. The van der Waals surface area contributed by atoms with Gasteiger partial charge in [-0.15, -0.1) is 0 Å². The summed E-state index contributed by atoms with van der Waals surface area (Å²) < 4.78 is 26.7. The van der Waals surface area contributed by atoms with Gasteiger partial charge in [0, 0.05) is 12.3 Å². The number of imidazole rings is 1. The van der Waals surface area contributed by atoms with Crippen molar-refractivity contribution in [3.05, 3.63) is 65.9 Å². The van der Waals surface area contributed by atoms with E-state index in [0.29, 0.717) is 23.3 Å². The van der Waals surface area contributed by atoms with Crippen LogP contribution in [-0.2, 0) is 0 Å². The highest BCUT2D eigenvalue weighted by molar-refractivity contribution is 6.06. The molecule has 4 aromatic rings. The fourth-order valence-electron chi connectivity index (χ4n) is 2.49. The molecule has 0 aliphatic carbocycles. The predicted molar refractivity (Wildman–Crippen MR) is 88.0 cm³/mol. The number of para-hydroxylation sites is 2. The van der Waals surface area contributed by atoms with E-state index in [1.54, 1.807) is 0 Å². The number of nitrogens with zero attached hydrogens (tertiary/aromatic N) is 2. The van der Waals surface area contributed by atoms with Gasteiger partial charge in [0.05, 0.1) is 22.3 Å². The maximum atomic E-state index is 13.7. The number of halogens is 2. The van der Waals surface area contributed by atoms with Gasteiger partial charge in [-0.1, -0.05) is 12.1 Å². The summed E-state index contributed by atoms with van der Waals surface area (Å²) in [5.74, 6) is -1.94. The molecular weight excluding hydrogens is 328 g/mol. The molecule has 2 heterocycles. The molecule has 8 heteroatoms. The first-order valence-corrected chi connectivity index (χ1v) is 7.37. The molecule has 0 unspecified atom stereocenters. The number of aromatic amines is 2. The van der Waals surface area contributed by atoms with E-state index in [0.717, 1.165) is 23.2 Å². The quantitative estimate of drug-likeness (QED) is 0.534. The summed E-state index contributed by atoms with van der Waals surface area (Å²) in [6.45, 7) is 0. The maximum Gasteiger partial charge on any atom is 0.258 e. The van der Waals surface area contributed by atoms with Crippen LogP contribution >= 0.6 is 0 Å². The Bertz CT molecular complexity index is 1050. The molecule has 6 nitrogen and oxygen atoms in total. The third-order valence-corrected chi connectivity index (χ3v) is 3.68. The molecule has 0 spiro atoms. The number of anilines is 1. The first kappa shape index (κ1) is 15.0. The third kappa shape index (κ3) is 2.74. The molecule has 0 saturated carbocycles. The van der Waals surface area contributed by atoms with Crippen molar-refractivity contribution in [2.45, 2.75) is 0 Å². The van der Waals surface area contributed by atoms with E-state index >= 15 is 0 Å². The fraction of sp³-hybridized carbons (Fsp3) is 0. The Morgan fingerprint density at radius 3 is 2.76 bits per heavy atom. The molecule has 0 radical (unpaired) electrons. The molecule has 2 aromatic heterocycles. The van der Waals surface area contributed by atoms with Crippen molar-refractivity contribution in [1.82, 2.24) is 20.2 Å². The van der Waals surface area contributed by atoms with Gasteiger partial charge in [-0.2, -0.15) is 5.10 Å². The third-order valence-electron chi connectivity index (χ3n) is 3.68. The molecule has 0 fully saturated rings. The molecule has 2 aromatic carbocycles. The minimum absolute atomic E-state index is 0.266. The summed E-state index contributed by atoms with van der Waals surface area (Å²) in [4.78, 5) is 19.8. The van der Waals surface area contributed by atoms with Crippen LogP contribution in [0.25, 0.3) is 22.6 Å². The van der Waals surface area contributed by atoms with Crippen LogP contribution in [0.5, 0.6) is 0 Å². The second-order valence-electron chi connectivity index (χ2n) is 5.33. The highest BCUT2D eigenvalue weighted by atomic mass is 19.1. The summed E-state index contributed by atoms with van der Waals surface area (Å²) in [6, 6.07) is 10.2. The van der Waals surface area contributed by atoms with E-state index in [9.17, 15) is 13.6 Å². The second-order valence-corrected chi connectivity index (χ2v) is 5.33. The molecule has 124 valence electrons. The summed E-state index contributed by atoms with van der Waals surface area (Å²) in [5.41, 5.74) is 2.02. The number of rotatable bonds is 3. The lowest BCUT2D eigenvalue weighted by molar-refractivity contribution is 0.102. The number of hydrogen-bond acceptors (Lipinski definition) is 3. The van der Waals surface area contributed by atoms with Crippen LogP contribution in [0.2, 0.25) is 0 Å².